The van der Waals surface area contributed by atoms with Gasteiger partial charge in [-0.25, -0.2) is 18.6 Å². The van der Waals surface area contributed by atoms with Gasteiger partial charge in [0, 0.05) is 17.8 Å². The van der Waals surface area contributed by atoms with Crippen LogP contribution in [0, 0.1) is 11.6 Å². The number of nitrogens with one attached hydrogen (secondary N) is 1. The molecular formula is C32H26BrF5N4O4. The van der Waals surface area contributed by atoms with Gasteiger partial charge < -0.3 is 14.2 Å². The predicted molar refractivity (Wildman–Crippen MR) is 164 cm³/mol. The number of benzene rings is 3. The molecule has 240 valence electrons. The van der Waals surface area contributed by atoms with Gasteiger partial charge in [-0.15, -0.1) is 0 Å². The van der Waals surface area contributed by atoms with Crippen LogP contribution in [0.2, 0.25) is 0 Å². The van der Waals surface area contributed by atoms with Gasteiger partial charge >= 0.3 is 12.3 Å². The number of rotatable bonds is 8. The van der Waals surface area contributed by atoms with Crippen molar-refractivity contribution in [1.82, 2.24) is 14.5 Å². The highest BCUT2D eigenvalue weighted by atomic mass is 79.9. The first-order valence-corrected chi connectivity index (χ1v) is 14.5. The van der Waals surface area contributed by atoms with Crippen LogP contribution in [0.5, 0.6) is 11.6 Å². The Balaban J connectivity index is 1.62. The molecule has 0 fully saturated rings. The Morgan fingerprint density at radius 2 is 1.59 bits per heavy atom. The predicted octanol–water partition coefficient (Wildman–Crippen LogP) is 9.00. The second-order valence-electron chi connectivity index (χ2n) is 11.0. The number of hydrogen-bond donors (Lipinski definition) is 1. The maximum atomic E-state index is 15.9. The standard InChI is InChI=1S/C32H26BrF5N4O4/c1-31(2,3)46-30(43)41-20-11-9-19(10-12-20)26-24(33)25-28(29(40-17-39-25)45-16-32(36,37)38)42(26)27-22(34)13-21(14-23(27)35)44-15-18-7-5-4-6-8-18/h4-14,17H,15-16H2,1-3H3,(H,41,43). The molecule has 2 heterocycles. The first-order chi connectivity index (χ1) is 21.7. The number of carbonyl (C=O) groups excluding carboxylic acids is 1. The highest BCUT2D eigenvalue weighted by molar-refractivity contribution is 9.10. The van der Waals surface area contributed by atoms with Crippen LogP contribution in [-0.2, 0) is 11.3 Å². The molecular weight excluding hydrogens is 679 g/mol. The fraction of sp³-hybridized carbons (Fsp3) is 0.219. The maximum Gasteiger partial charge on any atom is 0.422 e. The lowest BCUT2D eigenvalue weighted by atomic mass is 10.1. The number of halogens is 6. The van der Waals surface area contributed by atoms with Crippen molar-refractivity contribution in [3.05, 3.63) is 94.7 Å². The number of carbonyl (C=O) groups is 1. The summed E-state index contributed by atoms with van der Waals surface area (Å²) < 4.78 is 88.4. The summed E-state index contributed by atoms with van der Waals surface area (Å²) in [5, 5.41) is 2.59. The van der Waals surface area contributed by atoms with Crippen LogP contribution in [0.25, 0.3) is 28.0 Å². The molecule has 14 heteroatoms. The number of fused-ring (bicyclic) bond motifs is 1. The Kier molecular flexibility index (Phi) is 9.20. The topological polar surface area (TPSA) is 87.5 Å². The molecule has 1 N–H and O–H groups in total. The fourth-order valence-electron chi connectivity index (χ4n) is 4.50. The Morgan fingerprint density at radius 3 is 2.20 bits per heavy atom. The van der Waals surface area contributed by atoms with E-state index >= 15 is 8.78 Å². The summed E-state index contributed by atoms with van der Waals surface area (Å²) >= 11 is 3.42. The van der Waals surface area contributed by atoms with Crippen molar-refractivity contribution < 1.29 is 41.0 Å². The van der Waals surface area contributed by atoms with Gasteiger partial charge in [-0.2, -0.15) is 18.2 Å². The van der Waals surface area contributed by atoms with Gasteiger partial charge in [-0.05, 0) is 60.0 Å². The van der Waals surface area contributed by atoms with Crippen molar-refractivity contribution >= 4 is 38.7 Å². The van der Waals surface area contributed by atoms with E-state index in [1.807, 2.05) is 6.07 Å². The van der Waals surface area contributed by atoms with Crippen molar-refractivity contribution in [1.29, 1.82) is 0 Å². The summed E-state index contributed by atoms with van der Waals surface area (Å²) in [5.41, 5.74) is 0.0174. The van der Waals surface area contributed by atoms with Gasteiger partial charge in [0.15, 0.2) is 18.2 Å². The van der Waals surface area contributed by atoms with E-state index in [-0.39, 0.29) is 33.6 Å². The molecule has 0 spiro atoms. The van der Waals surface area contributed by atoms with E-state index in [1.165, 1.54) is 12.1 Å². The summed E-state index contributed by atoms with van der Waals surface area (Å²) in [5.74, 6) is -2.83. The van der Waals surface area contributed by atoms with Crippen LogP contribution in [0.4, 0.5) is 32.4 Å². The zero-order valence-corrected chi connectivity index (χ0v) is 26.2. The SMILES string of the molecule is CC(C)(C)OC(=O)Nc1ccc(-c2c(Br)c3ncnc(OCC(F)(F)F)c3n2-c2c(F)cc(OCc3ccccc3)cc2F)cc1. The normalized spacial score (nSPS) is 11.8. The second kappa shape index (κ2) is 12.9. The van der Waals surface area contributed by atoms with Crippen molar-refractivity contribution in [2.75, 3.05) is 11.9 Å². The van der Waals surface area contributed by atoms with Crippen LogP contribution in [-0.4, -0.2) is 39.0 Å². The summed E-state index contributed by atoms with van der Waals surface area (Å²) in [6, 6.07) is 17.0. The van der Waals surface area contributed by atoms with Gasteiger partial charge in [-0.1, -0.05) is 42.5 Å². The zero-order valence-electron chi connectivity index (χ0n) is 24.6. The number of hydrogen-bond acceptors (Lipinski definition) is 6. The molecule has 0 saturated carbocycles. The minimum Gasteiger partial charge on any atom is -0.489 e. The summed E-state index contributed by atoms with van der Waals surface area (Å²) in [4.78, 5) is 20.3. The molecule has 46 heavy (non-hydrogen) atoms. The van der Waals surface area contributed by atoms with Gasteiger partial charge in [0.25, 0.3) is 0 Å². The Morgan fingerprint density at radius 1 is 0.935 bits per heavy atom. The highest BCUT2D eigenvalue weighted by Gasteiger charge is 2.32. The van der Waals surface area contributed by atoms with E-state index in [2.05, 4.69) is 31.2 Å². The number of aromatic nitrogens is 3. The minimum atomic E-state index is -4.72. The number of ether oxygens (including phenoxy) is 3. The zero-order chi connectivity index (χ0) is 33.2. The smallest absolute Gasteiger partial charge is 0.422 e. The van der Waals surface area contributed by atoms with Crippen LogP contribution >= 0.6 is 15.9 Å². The third kappa shape index (κ3) is 7.56. The summed E-state index contributed by atoms with van der Waals surface area (Å²) in [7, 11) is 0. The van der Waals surface area contributed by atoms with E-state index in [1.54, 1.807) is 57.2 Å². The van der Waals surface area contributed by atoms with E-state index in [4.69, 9.17) is 14.2 Å². The molecule has 0 aliphatic heterocycles. The van der Waals surface area contributed by atoms with E-state index in [9.17, 15) is 18.0 Å². The van der Waals surface area contributed by atoms with Crippen molar-refractivity contribution in [3.8, 4) is 28.6 Å². The summed E-state index contributed by atoms with van der Waals surface area (Å²) in [6.07, 6.45) is -4.44. The first-order valence-electron chi connectivity index (χ1n) is 13.7. The van der Waals surface area contributed by atoms with Crippen molar-refractivity contribution in [2.24, 2.45) is 0 Å². The van der Waals surface area contributed by atoms with Gasteiger partial charge in [0.05, 0.1) is 10.2 Å². The molecule has 1 amide bonds. The molecule has 0 saturated heterocycles. The quantitative estimate of drug-likeness (QED) is 0.162. The second-order valence-corrected chi connectivity index (χ2v) is 11.8. The molecule has 0 aliphatic carbocycles. The molecule has 3 aromatic carbocycles. The lowest BCUT2D eigenvalue weighted by molar-refractivity contribution is -0.153. The molecule has 0 aliphatic rings. The van der Waals surface area contributed by atoms with Crippen molar-refractivity contribution in [3.63, 3.8) is 0 Å². The van der Waals surface area contributed by atoms with E-state index in [0.717, 1.165) is 28.6 Å². The average molecular weight is 705 g/mol. The lowest BCUT2D eigenvalue weighted by Crippen LogP contribution is -2.27. The van der Waals surface area contributed by atoms with E-state index < -0.39 is 47.7 Å². The molecule has 0 unspecified atom stereocenters. The molecule has 0 atom stereocenters. The third-order valence-electron chi connectivity index (χ3n) is 6.29. The first kappa shape index (κ1) is 32.7. The highest BCUT2D eigenvalue weighted by Crippen LogP contribution is 2.43. The number of nitrogens with zero attached hydrogens (tertiary/aromatic N) is 3. The van der Waals surface area contributed by atoms with Crippen LogP contribution in [0.3, 0.4) is 0 Å². The number of amides is 1. The average Bonchev–Trinajstić information content (AvgIpc) is 3.26. The Hall–Kier alpha value is -4.72. The third-order valence-corrected chi connectivity index (χ3v) is 7.04. The summed E-state index contributed by atoms with van der Waals surface area (Å²) in [6.45, 7) is 3.46. The molecule has 0 bridgehead atoms. The molecule has 8 nitrogen and oxygen atoms in total. The minimum absolute atomic E-state index is 0.0290. The van der Waals surface area contributed by atoms with Gasteiger partial charge in [0.1, 0.15) is 41.0 Å². The fourth-order valence-corrected chi connectivity index (χ4v) is 5.19. The number of anilines is 1. The monoisotopic (exact) mass is 704 g/mol. The maximum absolute atomic E-state index is 15.9. The molecule has 5 aromatic rings. The Bertz CT molecular complexity index is 1850. The van der Waals surface area contributed by atoms with Crippen LogP contribution in [0.1, 0.15) is 26.3 Å². The lowest BCUT2D eigenvalue weighted by Gasteiger charge is -2.20. The van der Waals surface area contributed by atoms with E-state index in [0.29, 0.717) is 11.3 Å². The molecule has 0 radical (unpaired) electrons. The molecule has 2 aromatic heterocycles. The van der Waals surface area contributed by atoms with Gasteiger partial charge in [0.2, 0.25) is 5.88 Å². The van der Waals surface area contributed by atoms with Crippen LogP contribution in [0.15, 0.2) is 77.5 Å². The Labute approximate surface area is 268 Å². The van der Waals surface area contributed by atoms with Crippen LogP contribution < -0.4 is 14.8 Å². The largest absolute Gasteiger partial charge is 0.489 e. The number of alkyl halides is 3. The molecule has 5 rings (SSSR count). The van der Waals surface area contributed by atoms with Crippen molar-refractivity contribution in [2.45, 2.75) is 39.2 Å². The van der Waals surface area contributed by atoms with Gasteiger partial charge in [-0.3, -0.25) is 9.88 Å².